The first-order chi connectivity index (χ1) is 15.1. The van der Waals surface area contributed by atoms with Crippen molar-refractivity contribution in [3.8, 4) is 34.1 Å². The zero-order valence-corrected chi connectivity index (χ0v) is 18.2. The average molecular weight is 475 g/mol. The highest BCUT2D eigenvalue weighted by Gasteiger charge is 2.09. The van der Waals surface area contributed by atoms with Gasteiger partial charge >= 0.3 is 0 Å². The maximum absolute atomic E-state index is 10.2. The van der Waals surface area contributed by atoms with E-state index in [1.165, 1.54) is 13.3 Å². The van der Waals surface area contributed by atoms with Crippen molar-refractivity contribution in [1.29, 1.82) is 0 Å². The molecule has 154 valence electrons. The summed E-state index contributed by atoms with van der Waals surface area (Å²) in [4.78, 5) is 9.34. The molecule has 0 atom stereocenters. The van der Waals surface area contributed by atoms with Gasteiger partial charge in [-0.15, -0.1) is 0 Å². The molecule has 3 aromatic carbocycles. The molecule has 0 saturated carbocycles. The molecule has 1 aromatic heterocycles. The van der Waals surface area contributed by atoms with E-state index in [1.807, 2.05) is 60.7 Å². The van der Waals surface area contributed by atoms with E-state index in [0.717, 1.165) is 21.3 Å². The van der Waals surface area contributed by atoms with Gasteiger partial charge in [-0.3, -0.25) is 5.43 Å². The molecular formula is C24H19BrN4O2. The van der Waals surface area contributed by atoms with Crippen molar-refractivity contribution in [2.45, 2.75) is 0 Å². The van der Waals surface area contributed by atoms with Crippen LogP contribution in [0.1, 0.15) is 5.56 Å². The summed E-state index contributed by atoms with van der Waals surface area (Å²) in [5, 5.41) is 14.5. The highest BCUT2D eigenvalue weighted by atomic mass is 79.9. The number of anilines is 1. The Bertz CT molecular complexity index is 1210. The standard InChI is InChI=1S/C24H19BrN4O2/c1-31-21-9-5-8-18(23(21)30)15-26-29-22-14-20(16-6-3-2-4-7-16)27-24(28-22)17-10-12-19(25)13-11-17/h2-15,30H,1H3,(H,27,28,29)/b26-15-. The van der Waals surface area contributed by atoms with Crippen LogP contribution in [0.15, 0.2) is 88.4 Å². The molecule has 0 aliphatic carbocycles. The van der Waals surface area contributed by atoms with Crippen molar-refractivity contribution < 1.29 is 9.84 Å². The number of rotatable bonds is 6. The summed E-state index contributed by atoms with van der Waals surface area (Å²) in [5.41, 5.74) is 6.11. The summed E-state index contributed by atoms with van der Waals surface area (Å²) in [6.07, 6.45) is 1.52. The van der Waals surface area contributed by atoms with Gasteiger partial charge in [0.25, 0.3) is 0 Å². The summed E-state index contributed by atoms with van der Waals surface area (Å²) < 4.78 is 6.11. The molecule has 1 heterocycles. The van der Waals surface area contributed by atoms with Crippen molar-refractivity contribution in [3.05, 3.63) is 88.9 Å². The van der Waals surface area contributed by atoms with Crippen LogP contribution in [0.4, 0.5) is 5.82 Å². The number of aromatic nitrogens is 2. The van der Waals surface area contributed by atoms with Crippen molar-refractivity contribution in [2.75, 3.05) is 12.5 Å². The Morgan fingerprint density at radius 3 is 2.45 bits per heavy atom. The van der Waals surface area contributed by atoms with Crippen LogP contribution in [0.25, 0.3) is 22.6 Å². The molecule has 0 unspecified atom stereocenters. The second kappa shape index (κ2) is 9.40. The van der Waals surface area contributed by atoms with E-state index in [1.54, 1.807) is 18.2 Å². The van der Waals surface area contributed by atoms with E-state index >= 15 is 0 Å². The van der Waals surface area contributed by atoms with Gasteiger partial charge in [0.1, 0.15) is 0 Å². The van der Waals surface area contributed by atoms with Crippen molar-refractivity contribution in [1.82, 2.24) is 9.97 Å². The third-order valence-electron chi connectivity index (χ3n) is 4.53. The molecule has 4 rings (SSSR count). The number of methoxy groups -OCH3 is 1. The van der Waals surface area contributed by atoms with E-state index in [0.29, 0.717) is 23.0 Å². The largest absolute Gasteiger partial charge is 0.504 e. The molecule has 0 saturated heterocycles. The average Bonchev–Trinajstić information content (AvgIpc) is 2.81. The lowest BCUT2D eigenvalue weighted by atomic mass is 10.1. The second-order valence-electron chi connectivity index (χ2n) is 6.60. The zero-order chi connectivity index (χ0) is 21.6. The topological polar surface area (TPSA) is 79.6 Å². The molecular weight excluding hydrogens is 456 g/mol. The monoisotopic (exact) mass is 474 g/mol. The Morgan fingerprint density at radius 1 is 0.935 bits per heavy atom. The van der Waals surface area contributed by atoms with E-state index < -0.39 is 0 Å². The minimum absolute atomic E-state index is 0.0266. The molecule has 0 aliphatic heterocycles. The van der Waals surface area contributed by atoms with E-state index in [9.17, 15) is 5.11 Å². The van der Waals surface area contributed by atoms with Crippen LogP contribution in [-0.2, 0) is 0 Å². The number of hydrazone groups is 1. The van der Waals surface area contributed by atoms with Gasteiger partial charge in [0.15, 0.2) is 23.1 Å². The highest BCUT2D eigenvalue weighted by molar-refractivity contribution is 9.10. The normalized spacial score (nSPS) is 10.9. The van der Waals surface area contributed by atoms with Gasteiger partial charge in [0.2, 0.25) is 0 Å². The highest BCUT2D eigenvalue weighted by Crippen LogP contribution is 2.28. The van der Waals surface area contributed by atoms with Crippen LogP contribution < -0.4 is 10.2 Å². The minimum atomic E-state index is 0.0266. The molecule has 2 N–H and O–H groups in total. The maximum Gasteiger partial charge on any atom is 0.166 e. The number of hydrogen-bond acceptors (Lipinski definition) is 6. The number of phenolic OH excluding ortho intramolecular Hbond substituents is 1. The lowest BCUT2D eigenvalue weighted by Gasteiger charge is -2.09. The molecule has 0 fully saturated rings. The minimum Gasteiger partial charge on any atom is -0.504 e. The number of aromatic hydroxyl groups is 1. The van der Waals surface area contributed by atoms with Gasteiger partial charge in [0.05, 0.1) is 19.0 Å². The molecule has 4 aromatic rings. The summed E-state index contributed by atoms with van der Waals surface area (Å²) >= 11 is 3.45. The Balaban J connectivity index is 1.68. The fourth-order valence-electron chi connectivity index (χ4n) is 2.97. The number of nitrogens with zero attached hydrogens (tertiary/aromatic N) is 3. The van der Waals surface area contributed by atoms with Crippen LogP contribution in [0.5, 0.6) is 11.5 Å². The van der Waals surface area contributed by atoms with Gasteiger partial charge in [-0.25, -0.2) is 9.97 Å². The van der Waals surface area contributed by atoms with Crippen molar-refractivity contribution in [3.63, 3.8) is 0 Å². The molecule has 0 aliphatic rings. The van der Waals surface area contributed by atoms with Crippen LogP contribution in [-0.4, -0.2) is 28.4 Å². The quantitative estimate of drug-likeness (QED) is 0.275. The number of hydrogen-bond donors (Lipinski definition) is 2. The Kier molecular flexibility index (Phi) is 6.24. The lowest BCUT2D eigenvalue weighted by molar-refractivity contribution is 0.373. The van der Waals surface area contributed by atoms with Crippen LogP contribution >= 0.6 is 15.9 Å². The lowest BCUT2D eigenvalue weighted by Crippen LogP contribution is -1.99. The zero-order valence-electron chi connectivity index (χ0n) is 16.7. The molecule has 0 amide bonds. The van der Waals surface area contributed by atoms with Gasteiger partial charge in [0, 0.05) is 27.2 Å². The maximum atomic E-state index is 10.2. The summed E-state index contributed by atoms with van der Waals surface area (Å²) in [5.74, 6) is 1.52. The third-order valence-corrected chi connectivity index (χ3v) is 5.06. The molecule has 31 heavy (non-hydrogen) atoms. The SMILES string of the molecule is COc1cccc(/C=N\Nc2cc(-c3ccccc3)nc(-c3ccc(Br)cc3)n2)c1O. The third kappa shape index (κ3) is 4.90. The Labute approximate surface area is 188 Å². The second-order valence-corrected chi connectivity index (χ2v) is 7.52. The first-order valence-electron chi connectivity index (χ1n) is 9.49. The molecule has 0 radical (unpaired) electrons. The number of nitrogens with one attached hydrogen (secondary N) is 1. The van der Waals surface area contributed by atoms with E-state index in [4.69, 9.17) is 9.72 Å². The molecule has 6 nitrogen and oxygen atoms in total. The molecule has 0 bridgehead atoms. The van der Waals surface area contributed by atoms with Gasteiger partial charge in [-0.2, -0.15) is 5.10 Å². The Hall–Kier alpha value is -3.71. The smallest absolute Gasteiger partial charge is 0.166 e. The fourth-order valence-corrected chi connectivity index (χ4v) is 3.23. The van der Waals surface area contributed by atoms with Crippen LogP contribution in [0, 0.1) is 0 Å². The summed E-state index contributed by atoms with van der Waals surface area (Å²) in [6.45, 7) is 0. The van der Waals surface area contributed by atoms with Crippen molar-refractivity contribution in [2.24, 2.45) is 5.10 Å². The van der Waals surface area contributed by atoms with Gasteiger partial charge in [-0.1, -0.05) is 64.5 Å². The fraction of sp³-hybridized carbons (Fsp3) is 0.0417. The van der Waals surface area contributed by atoms with E-state index in [-0.39, 0.29) is 5.75 Å². The van der Waals surface area contributed by atoms with E-state index in [2.05, 4.69) is 31.4 Å². The Morgan fingerprint density at radius 2 is 1.71 bits per heavy atom. The first kappa shape index (κ1) is 20.6. The number of phenols is 1. The molecule has 7 heteroatoms. The van der Waals surface area contributed by atoms with Gasteiger partial charge < -0.3 is 9.84 Å². The number of ether oxygens (including phenoxy) is 1. The first-order valence-corrected chi connectivity index (χ1v) is 10.3. The van der Waals surface area contributed by atoms with Crippen LogP contribution in [0.3, 0.4) is 0 Å². The summed E-state index contributed by atoms with van der Waals surface area (Å²) in [6, 6.07) is 24.7. The predicted molar refractivity (Wildman–Crippen MR) is 126 cm³/mol. The number of para-hydroxylation sites is 1. The summed E-state index contributed by atoms with van der Waals surface area (Å²) in [7, 11) is 1.50. The van der Waals surface area contributed by atoms with Gasteiger partial charge in [-0.05, 0) is 24.3 Å². The molecule has 0 spiro atoms. The number of benzene rings is 3. The predicted octanol–water partition coefficient (Wildman–Crippen LogP) is 5.73. The van der Waals surface area contributed by atoms with Crippen molar-refractivity contribution >= 4 is 28.0 Å². The number of halogens is 1. The van der Waals surface area contributed by atoms with Crippen LogP contribution in [0.2, 0.25) is 0 Å².